The highest BCUT2D eigenvalue weighted by Gasteiger charge is 2.27. The van der Waals surface area contributed by atoms with Crippen molar-refractivity contribution in [1.82, 2.24) is 15.0 Å². The van der Waals surface area contributed by atoms with Crippen LogP contribution in [-0.4, -0.2) is 47.1 Å². The molecule has 1 aliphatic heterocycles. The molecule has 0 spiro atoms. The Labute approximate surface area is 213 Å². The third-order valence-corrected chi connectivity index (χ3v) is 7.69. The smallest absolute Gasteiger partial charge is 0.274 e. The number of aryl methyl sites for hydroxylation is 1. The van der Waals surface area contributed by atoms with E-state index in [-0.39, 0.29) is 28.9 Å². The summed E-state index contributed by atoms with van der Waals surface area (Å²) in [4.78, 5) is 28.7. The number of nitrogens with zero attached hydrogens (tertiary/aromatic N) is 4. The summed E-state index contributed by atoms with van der Waals surface area (Å²) in [5, 5.41) is 3.90. The molecule has 0 saturated carbocycles. The third kappa shape index (κ3) is 4.46. The van der Waals surface area contributed by atoms with Crippen LogP contribution in [0.15, 0.2) is 41.0 Å². The number of fused-ring (bicyclic) bond motifs is 1. The molecule has 1 atom stereocenters. The Hall–Kier alpha value is -3.15. The van der Waals surface area contributed by atoms with Crippen molar-refractivity contribution in [2.24, 2.45) is 5.73 Å². The lowest BCUT2D eigenvalue weighted by molar-refractivity contribution is 0.102. The number of methoxy groups -OCH3 is 1. The predicted octanol–water partition coefficient (Wildman–Crippen LogP) is 4.76. The lowest BCUT2D eigenvalue weighted by atomic mass is 10.1. The zero-order chi connectivity index (χ0) is 24.7. The summed E-state index contributed by atoms with van der Waals surface area (Å²) in [5.41, 5.74) is 8.60. The molecular formula is C24H22BrFN6O2S. The number of hydrogen-bond acceptors (Lipinski definition) is 8. The van der Waals surface area contributed by atoms with E-state index < -0.39 is 11.7 Å². The largest absolute Gasteiger partial charge is 0.496 e. The maximum atomic E-state index is 14.6. The van der Waals surface area contributed by atoms with Crippen LogP contribution >= 0.6 is 27.3 Å². The lowest BCUT2D eigenvalue weighted by Crippen LogP contribution is -2.27. The van der Waals surface area contributed by atoms with Crippen LogP contribution in [0.3, 0.4) is 0 Å². The zero-order valence-electron chi connectivity index (χ0n) is 19.0. The minimum absolute atomic E-state index is 0.0529. The molecule has 2 aromatic carbocycles. The number of benzene rings is 2. The SMILES string of the molecule is COc1cccc(F)c1-c1nccc(C(=O)Nc2cc(Br)c3sc(C)nc3c2N2CC[C@H](N)C2)n1. The molecule has 1 saturated heterocycles. The molecule has 0 bridgehead atoms. The summed E-state index contributed by atoms with van der Waals surface area (Å²) in [6, 6.07) is 7.86. The van der Waals surface area contributed by atoms with E-state index >= 15 is 0 Å². The normalized spacial score (nSPS) is 15.6. The van der Waals surface area contributed by atoms with Crippen molar-refractivity contribution in [3.63, 3.8) is 0 Å². The Bertz CT molecular complexity index is 1450. The number of carbonyl (C=O) groups is 1. The predicted molar refractivity (Wildman–Crippen MR) is 139 cm³/mol. The minimum atomic E-state index is -0.539. The van der Waals surface area contributed by atoms with Crippen molar-refractivity contribution >= 4 is 54.8 Å². The van der Waals surface area contributed by atoms with Crippen LogP contribution < -0.4 is 20.7 Å². The zero-order valence-corrected chi connectivity index (χ0v) is 21.4. The molecule has 0 aliphatic carbocycles. The van der Waals surface area contributed by atoms with Gasteiger partial charge < -0.3 is 20.7 Å². The summed E-state index contributed by atoms with van der Waals surface area (Å²) in [7, 11) is 1.44. The number of anilines is 2. The van der Waals surface area contributed by atoms with Gasteiger partial charge in [-0.3, -0.25) is 4.79 Å². The topological polar surface area (TPSA) is 106 Å². The highest BCUT2D eigenvalue weighted by molar-refractivity contribution is 9.10. The maximum Gasteiger partial charge on any atom is 0.274 e. The number of aromatic nitrogens is 3. The van der Waals surface area contributed by atoms with E-state index in [9.17, 15) is 9.18 Å². The molecule has 3 heterocycles. The van der Waals surface area contributed by atoms with Crippen LogP contribution in [0.1, 0.15) is 21.9 Å². The van der Waals surface area contributed by atoms with Gasteiger partial charge >= 0.3 is 0 Å². The van der Waals surface area contributed by atoms with E-state index in [2.05, 4.69) is 36.1 Å². The van der Waals surface area contributed by atoms with Crippen molar-refractivity contribution in [3.05, 3.63) is 57.5 Å². The maximum absolute atomic E-state index is 14.6. The molecule has 1 amide bonds. The first-order chi connectivity index (χ1) is 16.9. The molecule has 3 N–H and O–H groups in total. The minimum Gasteiger partial charge on any atom is -0.496 e. The molecule has 1 aliphatic rings. The summed E-state index contributed by atoms with van der Waals surface area (Å²) in [5.74, 6) is -0.650. The van der Waals surface area contributed by atoms with Crippen LogP contribution in [0.2, 0.25) is 0 Å². The summed E-state index contributed by atoms with van der Waals surface area (Å²) < 4.78 is 21.7. The molecule has 4 aromatic rings. The molecule has 2 aromatic heterocycles. The van der Waals surface area contributed by atoms with Crippen LogP contribution in [0.25, 0.3) is 21.6 Å². The van der Waals surface area contributed by atoms with Crippen LogP contribution in [-0.2, 0) is 0 Å². The molecule has 11 heteroatoms. The van der Waals surface area contributed by atoms with Crippen molar-refractivity contribution < 1.29 is 13.9 Å². The standard InChI is InChI=1S/C24H22BrFN6O2S/c1-12-29-20-21(32-9-7-13(27)11-32)17(10-14(25)22(20)35-12)31-24(33)16-6-8-28-23(30-16)19-15(26)4-3-5-18(19)34-2/h3-6,8,10,13H,7,9,11,27H2,1-2H3,(H,31,33)/t13-/m0/s1. The fourth-order valence-electron chi connectivity index (χ4n) is 4.23. The van der Waals surface area contributed by atoms with Crippen LogP contribution in [0.4, 0.5) is 15.8 Å². The Morgan fingerprint density at radius 3 is 2.91 bits per heavy atom. The van der Waals surface area contributed by atoms with Gasteiger partial charge in [0.2, 0.25) is 0 Å². The van der Waals surface area contributed by atoms with Crippen molar-refractivity contribution in [2.45, 2.75) is 19.4 Å². The van der Waals surface area contributed by atoms with Gasteiger partial charge in [0.15, 0.2) is 5.82 Å². The summed E-state index contributed by atoms with van der Waals surface area (Å²) in [6.07, 6.45) is 2.28. The highest BCUT2D eigenvalue weighted by atomic mass is 79.9. The van der Waals surface area contributed by atoms with E-state index in [0.29, 0.717) is 12.2 Å². The van der Waals surface area contributed by atoms with E-state index in [4.69, 9.17) is 15.5 Å². The van der Waals surface area contributed by atoms with Gasteiger partial charge in [-0.05, 0) is 53.5 Å². The second kappa shape index (κ2) is 9.48. The van der Waals surface area contributed by atoms with Gasteiger partial charge in [0.1, 0.15) is 22.8 Å². The third-order valence-electron chi connectivity index (χ3n) is 5.80. The van der Waals surface area contributed by atoms with E-state index in [1.54, 1.807) is 17.4 Å². The fraction of sp³-hybridized carbons (Fsp3) is 0.250. The quantitative estimate of drug-likeness (QED) is 0.365. The number of halogens is 2. The van der Waals surface area contributed by atoms with Crippen molar-refractivity contribution in [1.29, 1.82) is 0 Å². The Morgan fingerprint density at radius 2 is 2.17 bits per heavy atom. The van der Waals surface area contributed by atoms with Crippen LogP contribution in [0, 0.1) is 12.7 Å². The fourth-order valence-corrected chi connectivity index (χ4v) is 5.71. The number of nitrogens with two attached hydrogens (primary N) is 1. The van der Waals surface area contributed by atoms with Gasteiger partial charge in [-0.15, -0.1) is 11.3 Å². The molecule has 0 unspecified atom stereocenters. The van der Waals surface area contributed by atoms with Gasteiger partial charge in [-0.25, -0.2) is 19.3 Å². The monoisotopic (exact) mass is 556 g/mol. The van der Waals surface area contributed by atoms with Gasteiger partial charge in [-0.2, -0.15) is 0 Å². The molecule has 35 heavy (non-hydrogen) atoms. The molecule has 5 rings (SSSR count). The van der Waals surface area contributed by atoms with Gasteiger partial charge in [0.25, 0.3) is 5.91 Å². The van der Waals surface area contributed by atoms with Crippen LogP contribution in [0.5, 0.6) is 5.75 Å². The highest BCUT2D eigenvalue weighted by Crippen LogP contribution is 2.42. The molecular weight excluding hydrogens is 535 g/mol. The number of carbonyl (C=O) groups excluding carboxylic acids is 1. The summed E-state index contributed by atoms with van der Waals surface area (Å²) >= 11 is 5.21. The first kappa shape index (κ1) is 23.6. The first-order valence-electron chi connectivity index (χ1n) is 10.9. The number of rotatable bonds is 5. The summed E-state index contributed by atoms with van der Waals surface area (Å²) in [6.45, 7) is 3.39. The van der Waals surface area contributed by atoms with Crippen molar-refractivity contribution in [3.8, 4) is 17.1 Å². The average Bonchev–Trinajstić information content (AvgIpc) is 3.44. The molecule has 1 fully saturated rings. The number of hydrogen-bond donors (Lipinski definition) is 2. The Kier molecular flexibility index (Phi) is 6.39. The second-order valence-corrected chi connectivity index (χ2v) is 10.3. The number of thiazole rings is 1. The van der Waals surface area contributed by atoms with E-state index in [1.807, 2.05) is 13.0 Å². The second-order valence-electron chi connectivity index (χ2n) is 8.20. The molecule has 8 nitrogen and oxygen atoms in total. The van der Waals surface area contributed by atoms with Crippen molar-refractivity contribution in [2.75, 3.05) is 30.4 Å². The van der Waals surface area contributed by atoms with E-state index in [0.717, 1.165) is 38.3 Å². The number of amides is 1. The number of ether oxygens (including phenoxy) is 1. The first-order valence-corrected chi connectivity index (χ1v) is 12.5. The van der Waals surface area contributed by atoms with Gasteiger partial charge in [0, 0.05) is 29.8 Å². The van der Waals surface area contributed by atoms with Gasteiger partial charge in [-0.1, -0.05) is 6.07 Å². The molecule has 180 valence electrons. The van der Waals surface area contributed by atoms with Gasteiger partial charge in [0.05, 0.1) is 33.8 Å². The van der Waals surface area contributed by atoms with E-state index in [1.165, 1.54) is 31.5 Å². The Morgan fingerprint density at radius 1 is 1.34 bits per heavy atom. The number of nitrogens with one attached hydrogen (secondary N) is 1. The Balaban J connectivity index is 1.54. The lowest BCUT2D eigenvalue weighted by Gasteiger charge is -2.23. The average molecular weight is 557 g/mol. The molecule has 0 radical (unpaired) electrons.